The van der Waals surface area contributed by atoms with Gasteiger partial charge in [-0.15, -0.1) is 0 Å². The SMILES string of the molecule is CNS(=O)(=O)c1ccc(F)c(C(=O)N2CCN(C(C)c3nc(-c4ccccc4)no3)CC2)c1. The molecule has 2 aromatic carbocycles. The molecule has 0 aliphatic carbocycles. The molecule has 0 bridgehead atoms. The molecule has 0 spiro atoms. The standard InChI is InChI=1S/C22H24FN5O4S/c1-15(21-25-20(26-32-21)16-6-4-3-5-7-16)27-10-12-28(13-11-27)22(29)18-14-17(8-9-19(18)23)33(30,31)24-2/h3-9,14-15,24H,10-13H2,1-2H3. The maximum absolute atomic E-state index is 14.3. The van der Waals surface area contributed by atoms with Crippen molar-refractivity contribution in [2.45, 2.75) is 17.9 Å². The highest BCUT2D eigenvalue weighted by molar-refractivity contribution is 7.89. The van der Waals surface area contributed by atoms with Gasteiger partial charge in [0.15, 0.2) is 0 Å². The maximum atomic E-state index is 14.3. The van der Waals surface area contributed by atoms with E-state index >= 15 is 0 Å². The summed E-state index contributed by atoms with van der Waals surface area (Å²) in [7, 11) is -2.53. The van der Waals surface area contributed by atoms with Crippen LogP contribution >= 0.6 is 0 Å². The number of carbonyl (C=O) groups excluding carboxylic acids is 1. The number of sulfonamides is 1. The Bertz CT molecular complexity index is 1240. The van der Waals surface area contributed by atoms with Gasteiger partial charge in [-0.05, 0) is 32.2 Å². The van der Waals surface area contributed by atoms with Gasteiger partial charge in [0.05, 0.1) is 16.5 Å². The van der Waals surface area contributed by atoms with Gasteiger partial charge in [0.2, 0.25) is 21.7 Å². The van der Waals surface area contributed by atoms with Gasteiger partial charge in [-0.25, -0.2) is 17.5 Å². The van der Waals surface area contributed by atoms with Crippen LogP contribution in [0.15, 0.2) is 57.9 Å². The van der Waals surface area contributed by atoms with Crippen LogP contribution < -0.4 is 4.72 Å². The molecule has 0 saturated carbocycles. The van der Waals surface area contributed by atoms with Crippen LogP contribution in [0.3, 0.4) is 0 Å². The predicted molar refractivity (Wildman–Crippen MR) is 118 cm³/mol. The smallest absolute Gasteiger partial charge is 0.256 e. The molecule has 11 heteroatoms. The average molecular weight is 474 g/mol. The van der Waals surface area contributed by atoms with Crippen LogP contribution in [-0.4, -0.2) is 67.5 Å². The number of benzene rings is 2. The minimum absolute atomic E-state index is 0.159. The maximum Gasteiger partial charge on any atom is 0.256 e. The van der Waals surface area contributed by atoms with Crippen molar-refractivity contribution < 1.29 is 22.1 Å². The summed E-state index contributed by atoms with van der Waals surface area (Å²) >= 11 is 0. The summed E-state index contributed by atoms with van der Waals surface area (Å²) in [6, 6.07) is 12.6. The molecular weight excluding hydrogens is 449 g/mol. The highest BCUT2D eigenvalue weighted by Gasteiger charge is 2.29. The van der Waals surface area contributed by atoms with E-state index in [2.05, 4.69) is 19.8 Å². The molecule has 1 amide bonds. The van der Waals surface area contributed by atoms with E-state index in [4.69, 9.17) is 4.52 Å². The summed E-state index contributed by atoms with van der Waals surface area (Å²) < 4.78 is 46.0. The van der Waals surface area contributed by atoms with Gasteiger partial charge in [-0.3, -0.25) is 9.69 Å². The lowest BCUT2D eigenvalue weighted by atomic mass is 10.1. The molecule has 1 N–H and O–H groups in total. The molecule has 174 valence electrons. The Balaban J connectivity index is 1.42. The first kappa shape index (κ1) is 23.0. The van der Waals surface area contributed by atoms with E-state index in [1.807, 2.05) is 37.3 Å². The fourth-order valence-corrected chi connectivity index (χ4v) is 4.46. The van der Waals surface area contributed by atoms with Crippen molar-refractivity contribution in [2.75, 3.05) is 33.2 Å². The Hall–Kier alpha value is -3.15. The van der Waals surface area contributed by atoms with E-state index in [9.17, 15) is 17.6 Å². The van der Waals surface area contributed by atoms with Crippen LogP contribution in [0.1, 0.15) is 29.2 Å². The van der Waals surface area contributed by atoms with Crippen LogP contribution in [0.2, 0.25) is 0 Å². The second-order valence-corrected chi connectivity index (χ2v) is 9.56. The molecule has 1 aliphatic heterocycles. The lowest BCUT2D eigenvalue weighted by Crippen LogP contribution is -2.49. The number of amides is 1. The van der Waals surface area contributed by atoms with Crippen molar-refractivity contribution in [3.63, 3.8) is 0 Å². The first-order chi connectivity index (χ1) is 15.8. The summed E-state index contributed by atoms with van der Waals surface area (Å²) in [6.45, 7) is 3.69. The molecule has 33 heavy (non-hydrogen) atoms. The number of halogens is 1. The quantitative estimate of drug-likeness (QED) is 0.585. The minimum atomic E-state index is -3.79. The number of carbonyl (C=O) groups is 1. The third kappa shape index (κ3) is 4.80. The highest BCUT2D eigenvalue weighted by Crippen LogP contribution is 2.24. The number of rotatable bonds is 6. The van der Waals surface area contributed by atoms with E-state index < -0.39 is 21.7 Å². The summed E-state index contributed by atoms with van der Waals surface area (Å²) in [5, 5.41) is 4.06. The van der Waals surface area contributed by atoms with Crippen LogP contribution in [0, 0.1) is 5.82 Å². The fourth-order valence-electron chi connectivity index (χ4n) is 3.70. The van der Waals surface area contributed by atoms with Crippen molar-refractivity contribution in [1.29, 1.82) is 0 Å². The first-order valence-electron chi connectivity index (χ1n) is 10.5. The van der Waals surface area contributed by atoms with E-state index in [0.29, 0.717) is 37.9 Å². The first-order valence-corrected chi connectivity index (χ1v) is 11.9. The fraction of sp³-hybridized carbons (Fsp3) is 0.318. The van der Waals surface area contributed by atoms with Gasteiger partial charge in [0.1, 0.15) is 5.82 Å². The summed E-state index contributed by atoms with van der Waals surface area (Å²) in [5.41, 5.74) is 0.594. The monoisotopic (exact) mass is 473 g/mol. The molecule has 4 rings (SSSR count). The number of hydrogen-bond acceptors (Lipinski definition) is 7. The van der Waals surface area contributed by atoms with Crippen molar-refractivity contribution in [3.05, 3.63) is 65.8 Å². The van der Waals surface area contributed by atoms with Crippen LogP contribution in [0.5, 0.6) is 0 Å². The number of aromatic nitrogens is 2. The number of nitrogens with one attached hydrogen (secondary N) is 1. The van der Waals surface area contributed by atoms with Gasteiger partial charge >= 0.3 is 0 Å². The molecule has 1 aliphatic rings. The Labute approximate surface area is 191 Å². The number of nitrogens with zero attached hydrogens (tertiary/aromatic N) is 4. The second-order valence-electron chi connectivity index (χ2n) is 7.68. The average Bonchev–Trinajstić information content (AvgIpc) is 3.34. The largest absolute Gasteiger partial charge is 0.337 e. The lowest BCUT2D eigenvalue weighted by Gasteiger charge is -2.36. The van der Waals surface area contributed by atoms with E-state index in [0.717, 1.165) is 23.8 Å². The molecule has 1 unspecified atom stereocenters. The van der Waals surface area contributed by atoms with Crippen LogP contribution in [0.4, 0.5) is 4.39 Å². The zero-order chi connectivity index (χ0) is 23.6. The van der Waals surface area contributed by atoms with Crippen molar-refractivity contribution in [2.24, 2.45) is 0 Å². The zero-order valence-corrected chi connectivity index (χ0v) is 19.0. The van der Waals surface area contributed by atoms with Crippen LogP contribution in [0.25, 0.3) is 11.4 Å². The number of piperazine rings is 1. The summed E-state index contributed by atoms with van der Waals surface area (Å²) in [6.07, 6.45) is 0. The Morgan fingerprint density at radius 2 is 1.82 bits per heavy atom. The normalized spacial score (nSPS) is 16.0. The lowest BCUT2D eigenvalue weighted by molar-refractivity contribution is 0.0547. The number of hydrogen-bond donors (Lipinski definition) is 1. The Morgan fingerprint density at radius 1 is 1.12 bits per heavy atom. The summed E-state index contributed by atoms with van der Waals surface area (Å²) in [4.78, 5) is 20.9. The van der Waals surface area contributed by atoms with Crippen molar-refractivity contribution in [3.8, 4) is 11.4 Å². The molecule has 2 heterocycles. The van der Waals surface area contributed by atoms with Crippen LogP contribution in [-0.2, 0) is 10.0 Å². The van der Waals surface area contributed by atoms with Crippen molar-refractivity contribution >= 4 is 15.9 Å². The predicted octanol–water partition coefficient (Wildman–Crippen LogP) is 2.30. The van der Waals surface area contributed by atoms with Crippen molar-refractivity contribution in [1.82, 2.24) is 24.7 Å². The topological polar surface area (TPSA) is 109 Å². The molecule has 3 aromatic rings. The molecule has 9 nitrogen and oxygen atoms in total. The molecule has 1 saturated heterocycles. The van der Waals surface area contributed by atoms with Gasteiger partial charge < -0.3 is 9.42 Å². The molecule has 1 aromatic heterocycles. The van der Waals surface area contributed by atoms with Gasteiger partial charge in [-0.2, -0.15) is 4.98 Å². The molecule has 1 fully saturated rings. The van der Waals surface area contributed by atoms with E-state index in [-0.39, 0.29) is 16.5 Å². The van der Waals surface area contributed by atoms with Gasteiger partial charge in [-0.1, -0.05) is 35.5 Å². The Kier molecular flexibility index (Phi) is 6.54. The molecule has 0 radical (unpaired) electrons. The van der Waals surface area contributed by atoms with E-state index in [1.165, 1.54) is 11.9 Å². The molecule has 1 atom stereocenters. The molecular formula is C22H24FN5O4S. The minimum Gasteiger partial charge on any atom is -0.337 e. The Morgan fingerprint density at radius 3 is 2.48 bits per heavy atom. The van der Waals surface area contributed by atoms with E-state index in [1.54, 1.807) is 0 Å². The summed E-state index contributed by atoms with van der Waals surface area (Å²) in [5.74, 6) is -0.315. The van der Waals surface area contributed by atoms with Gasteiger partial charge in [0.25, 0.3) is 5.91 Å². The second kappa shape index (κ2) is 9.38. The third-order valence-corrected chi connectivity index (χ3v) is 7.14. The van der Waals surface area contributed by atoms with Gasteiger partial charge in [0, 0.05) is 31.7 Å². The third-order valence-electron chi connectivity index (χ3n) is 5.73. The highest BCUT2D eigenvalue weighted by atomic mass is 32.2. The zero-order valence-electron chi connectivity index (χ0n) is 18.2.